The molecule has 3 rings (SSSR count). The molecule has 0 radical (unpaired) electrons. The van der Waals surface area contributed by atoms with Crippen LogP contribution in [0.4, 0.5) is 10.1 Å². The normalized spacial score (nSPS) is 10.8. The van der Waals surface area contributed by atoms with Crippen molar-refractivity contribution in [2.75, 3.05) is 5.32 Å². The van der Waals surface area contributed by atoms with Gasteiger partial charge < -0.3 is 5.32 Å². The molecule has 0 spiro atoms. The fraction of sp³-hybridized carbons (Fsp3) is 0.0909. The first-order valence-corrected chi connectivity index (χ1v) is 8.63. The van der Waals surface area contributed by atoms with Gasteiger partial charge in [-0.2, -0.15) is 0 Å². The van der Waals surface area contributed by atoms with E-state index in [2.05, 4.69) is 15.3 Å². The van der Waals surface area contributed by atoms with Gasteiger partial charge in [0.05, 0.1) is 0 Å². The molecule has 3 aromatic rings. The number of rotatable bonds is 6. The molecule has 6 heteroatoms. The van der Waals surface area contributed by atoms with E-state index in [1.165, 1.54) is 24.5 Å². The number of ketones is 1. The zero-order valence-electron chi connectivity index (χ0n) is 15.2. The number of amides is 1. The molecule has 0 aliphatic carbocycles. The maximum absolute atomic E-state index is 13.0. The molecule has 0 fully saturated rings. The summed E-state index contributed by atoms with van der Waals surface area (Å²) < 4.78 is 13.0. The summed E-state index contributed by atoms with van der Waals surface area (Å²) in [6, 6.07) is 11.0. The lowest BCUT2D eigenvalue weighted by molar-refractivity contribution is -0.111. The van der Waals surface area contributed by atoms with Gasteiger partial charge in [0.15, 0.2) is 5.78 Å². The fourth-order valence-corrected chi connectivity index (χ4v) is 2.56. The number of aromatic nitrogens is 2. The van der Waals surface area contributed by atoms with Crippen molar-refractivity contribution in [3.63, 3.8) is 0 Å². The van der Waals surface area contributed by atoms with E-state index in [1.807, 2.05) is 6.92 Å². The van der Waals surface area contributed by atoms with Crippen molar-refractivity contribution in [2.45, 2.75) is 13.3 Å². The average Bonchev–Trinajstić information content (AvgIpc) is 2.70. The Morgan fingerprint density at radius 1 is 1.07 bits per heavy atom. The minimum absolute atomic E-state index is 0.112. The summed E-state index contributed by atoms with van der Waals surface area (Å²) in [5.74, 6) is -0.777. The predicted molar refractivity (Wildman–Crippen MR) is 105 cm³/mol. The van der Waals surface area contributed by atoms with Crippen LogP contribution in [-0.2, 0) is 11.2 Å². The smallest absolute Gasteiger partial charge is 0.248 e. The van der Waals surface area contributed by atoms with Crippen LogP contribution in [0, 0.1) is 12.7 Å². The predicted octanol–water partition coefficient (Wildman–Crippen LogP) is 4.00. The summed E-state index contributed by atoms with van der Waals surface area (Å²) in [4.78, 5) is 32.5. The van der Waals surface area contributed by atoms with E-state index in [0.717, 1.165) is 11.1 Å². The van der Waals surface area contributed by atoms with E-state index in [-0.39, 0.29) is 23.9 Å². The van der Waals surface area contributed by atoms with Crippen LogP contribution < -0.4 is 5.32 Å². The number of hydrogen-bond donors (Lipinski definition) is 1. The van der Waals surface area contributed by atoms with Gasteiger partial charge in [0.25, 0.3) is 0 Å². The minimum atomic E-state index is -0.341. The van der Waals surface area contributed by atoms with E-state index in [0.29, 0.717) is 16.8 Å². The molecule has 28 heavy (non-hydrogen) atoms. The lowest BCUT2D eigenvalue weighted by atomic mass is 10.0. The zero-order valence-corrected chi connectivity index (χ0v) is 15.2. The zero-order chi connectivity index (χ0) is 19.9. The number of carbonyl (C=O) groups excluding carboxylic acids is 2. The number of benzene rings is 2. The number of halogens is 1. The third-order valence-corrected chi connectivity index (χ3v) is 4.10. The van der Waals surface area contributed by atoms with Gasteiger partial charge in [-0.25, -0.2) is 14.4 Å². The molecule has 0 aliphatic heterocycles. The van der Waals surface area contributed by atoms with E-state index in [9.17, 15) is 14.0 Å². The van der Waals surface area contributed by atoms with Gasteiger partial charge in [0, 0.05) is 41.7 Å². The summed E-state index contributed by atoms with van der Waals surface area (Å²) in [5, 5.41) is 2.78. The molecule has 140 valence electrons. The molecule has 1 aromatic heterocycles. The molecule has 0 unspecified atom stereocenters. The molecule has 0 bridgehead atoms. The summed E-state index contributed by atoms with van der Waals surface area (Å²) in [5.41, 5.74) is 3.31. The van der Waals surface area contributed by atoms with Crippen LogP contribution >= 0.6 is 0 Å². The van der Waals surface area contributed by atoms with Crippen molar-refractivity contribution >= 4 is 23.5 Å². The van der Waals surface area contributed by atoms with Gasteiger partial charge in [0.2, 0.25) is 5.91 Å². The quantitative estimate of drug-likeness (QED) is 0.522. The highest BCUT2D eigenvalue weighted by molar-refractivity contribution is 6.04. The maximum atomic E-state index is 13.0. The Balaban J connectivity index is 1.70. The molecule has 1 heterocycles. The molecule has 0 saturated heterocycles. The second-order valence-electron chi connectivity index (χ2n) is 6.25. The monoisotopic (exact) mass is 375 g/mol. The standard InChI is InChI=1S/C22H18FN3O2/c1-15-2-6-18(21(27)10-16-3-7-19(23)8-4-16)11-20(15)26-22(28)9-5-17-12-24-14-25-13-17/h2-9,11-14H,10H2,1H3,(H,26,28)/b9-5+. The van der Waals surface area contributed by atoms with Crippen molar-refractivity contribution in [1.82, 2.24) is 9.97 Å². The molecule has 1 amide bonds. The van der Waals surface area contributed by atoms with Gasteiger partial charge in [-0.05, 0) is 42.3 Å². The van der Waals surface area contributed by atoms with Crippen LogP contribution in [-0.4, -0.2) is 21.7 Å². The largest absolute Gasteiger partial charge is 0.322 e. The number of carbonyl (C=O) groups is 2. The topological polar surface area (TPSA) is 72.0 Å². The highest BCUT2D eigenvalue weighted by Crippen LogP contribution is 2.19. The second-order valence-corrected chi connectivity index (χ2v) is 6.25. The first kappa shape index (κ1) is 19.1. The first-order chi connectivity index (χ1) is 13.5. The van der Waals surface area contributed by atoms with E-state index in [4.69, 9.17) is 0 Å². The van der Waals surface area contributed by atoms with Crippen LogP contribution in [0.2, 0.25) is 0 Å². The number of aryl methyl sites for hydroxylation is 1. The number of Topliss-reactive ketones (excluding diaryl/α,β-unsaturated/α-hetero) is 1. The van der Waals surface area contributed by atoms with Crippen LogP contribution in [0.25, 0.3) is 6.08 Å². The third kappa shape index (κ3) is 5.17. The third-order valence-electron chi connectivity index (χ3n) is 4.10. The first-order valence-electron chi connectivity index (χ1n) is 8.63. The molecule has 0 atom stereocenters. The van der Waals surface area contributed by atoms with Crippen molar-refractivity contribution in [3.8, 4) is 0 Å². The lowest BCUT2D eigenvalue weighted by Crippen LogP contribution is -2.11. The van der Waals surface area contributed by atoms with Crippen molar-refractivity contribution in [1.29, 1.82) is 0 Å². The van der Waals surface area contributed by atoms with Crippen LogP contribution in [0.5, 0.6) is 0 Å². The SMILES string of the molecule is Cc1ccc(C(=O)Cc2ccc(F)cc2)cc1NC(=O)/C=C/c1cncnc1. The summed E-state index contributed by atoms with van der Waals surface area (Å²) in [6.45, 7) is 1.85. The molecule has 0 saturated carbocycles. The summed E-state index contributed by atoms with van der Waals surface area (Å²) in [6.07, 6.45) is 7.74. The summed E-state index contributed by atoms with van der Waals surface area (Å²) >= 11 is 0. The highest BCUT2D eigenvalue weighted by Gasteiger charge is 2.10. The van der Waals surface area contributed by atoms with Gasteiger partial charge in [-0.1, -0.05) is 24.3 Å². The van der Waals surface area contributed by atoms with Gasteiger partial charge in [-0.3, -0.25) is 9.59 Å². The van der Waals surface area contributed by atoms with Crippen molar-refractivity contribution in [3.05, 3.63) is 95.3 Å². The van der Waals surface area contributed by atoms with Crippen LogP contribution in [0.1, 0.15) is 27.0 Å². The molecule has 1 N–H and O–H groups in total. The molecule has 2 aromatic carbocycles. The van der Waals surface area contributed by atoms with Gasteiger partial charge in [-0.15, -0.1) is 0 Å². The van der Waals surface area contributed by atoms with Crippen LogP contribution in [0.3, 0.4) is 0 Å². The Morgan fingerprint density at radius 3 is 2.50 bits per heavy atom. The number of nitrogens with one attached hydrogen (secondary N) is 1. The Kier molecular flexibility index (Phi) is 6.01. The molecular weight excluding hydrogens is 357 g/mol. The second kappa shape index (κ2) is 8.81. The molecule has 0 aliphatic rings. The maximum Gasteiger partial charge on any atom is 0.248 e. The van der Waals surface area contributed by atoms with E-state index in [1.54, 1.807) is 48.8 Å². The number of anilines is 1. The Morgan fingerprint density at radius 2 is 1.79 bits per heavy atom. The average molecular weight is 375 g/mol. The van der Waals surface area contributed by atoms with Crippen LogP contribution in [0.15, 0.2) is 67.3 Å². The molecular formula is C22H18FN3O2. The highest BCUT2D eigenvalue weighted by atomic mass is 19.1. The number of hydrogen-bond acceptors (Lipinski definition) is 4. The Bertz CT molecular complexity index is 1020. The fourth-order valence-electron chi connectivity index (χ4n) is 2.56. The van der Waals surface area contributed by atoms with E-state index >= 15 is 0 Å². The van der Waals surface area contributed by atoms with E-state index < -0.39 is 0 Å². The molecule has 5 nitrogen and oxygen atoms in total. The lowest BCUT2D eigenvalue weighted by Gasteiger charge is -2.09. The minimum Gasteiger partial charge on any atom is -0.322 e. The Labute approximate surface area is 162 Å². The van der Waals surface area contributed by atoms with Gasteiger partial charge >= 0.3 is 0 Å². The van der Waals surface area contributed by atoms with Crippen molar-refractivity contribution < 1.29 is 14.0 Å². The summed E-state index contributed by atoms with van der Waals surface area (Å²) in [7, 11) is 0. The number of nitrogens with zero attached hydrogens (tertiary/aromatic N) is 2. The Hall–Kier alpha value is -3.67. The van der Waals surface area contributed by atoms with Crippen molar-refractivity contribution in [2.24, 2.45) is 0 Å². The van der Waals surface area contributed by atoms with Gasteiger partial charge in [0.1, 0.15) is 12.1 Å².